The Morgan fingerprint density at radius 2 is 2.21 bits per heavy atom. The number of aromatic nitrogens is 3. The van der Waals surface area contributed by atoms with E-state index in [-0.39, 0.29) is 5.91 Å². The highest BCUT2D eigenvalue weighted by molar-refractivity contribution is 6.03. The number of pyridine rings is 1. The Morgan fingerprint density at radius 3 is 2.79 bits per heavy atom. The molecule has 0 atom stereocenters. The smallest absolute Gasteiger partial charge is 0.258 e. The van der Waals surface area contributed by atoms with Crippen LogP contribution in [0.1, 0.15) is 29.6 Å². The van der Waals surface area contributed by atoms with Crippen LogP contribution < -0.4 is 10.6 Å². The molecule has 3 rings (SSSR count). The number of hydrogen-bond acceptors (Lipinski definition) is 4. The molecule has 0 radical (unpaired) electrons. The number of nitrogens with one attached hydrogen (secondary N) is 3. The highest BCUT2D eigenvalue weighted by Crippen LogP contribution is 2.22. The minimum absolute atomic E-state index is 0.199. The molecule has 2 aromatic heterocycles. The van der Waals surface area contributed by atoms with Crippen molar-refractivity contribution in [2.45, 2.75) is 25.3 Å². The van der Waals surface area contributed by atoms with Crippen molar-refractivity contribution in [2.75, 3.05) is 10.6 Å². The Kier molecular flexibility index (Phi) is 3.14. The molecule has 2 aromatic rings. The van der Waals surface area contributed by atoms with Gasteiger partial charge in [0.25, 0.3) is 5.91 Å². The average Bonchev–Trinajstić information content (AvgIpc) is 2.89. The number of anilines is 2. The molecule has 0 aliphatic heterocycles. The first kappa shape index (κ1) is 11.7. The van der Waals surface area contributed by atoms with Crippen molar-refractivity contribution in [3.8, 4) is 0 Å². The lowest BCUT2D eigenvalue weighted by atomic mass is 9.93. The predicted octanol–water partition coefficient (Wildman–Crippen LogP) is 2.02. The summed E-state index contributed by atoms with van der Waals surface area (Å²) in [7, 11) is 0. The molecule has 6 heteroatoms. The van der Waals surface area contributed by atoms with Crippen LogP contribution in [0.3, 0.4) is 0 Å². The zero-order valence-electron chi connectivity index (χ0n) is 10.4. The predicted molar refractivity (Wildman–Crippen MR) is 72.0 cm³/mol. The molecule has 0 saturated heterocycles. The second-order valence-corrected chi connectivity index (χ2v) is 4.65. The highest BCUT2D eigenvalue weighted by Gasteiger charge is 2.17. The fourth-order valence-corrected chi connectivity index (χ4v) is 1.89. The molecule has 0 aromatic carbocycles. The van der Waals surface area contributed by atoms with Gasteiger partial charge in [0, 0.05) is 12.2 Å². The van der Waals surface area contributed by atoms with Gasteiger partial charge in [-0.15, -0.1) is 0 Å². The Labute approximate surface area is 110 Å². The lowest BCUT2D eigenvalue weighted by Gasteiger charge is -2.26. The number of nitrogens with zero attached hydrogens (tertiary/aromatic N) is 2. The van der Waals surface area contributed by atoms with E-state index in [1.165, 1.54) is 25.5 Å². The van der Waals surface area contributed by atoms with Crippen LogP contribution in [-0.2, 0) is 0 Å². The van der Waals surface area contributed by atoms with Crippen molar-refractivity contribution >= 4 is 17.4 Å². The Hall–Kier alpha value is -2.37. The van der Waals surface area contributed by atoms with Gasteiger partial charge in [-0.25, -0.2) is 4.98 Å². The van der Waals surface area contributed by atoms with Gasteiger partial charge in [-0.3, -0.25) is 9.89 Å². The maximum absolute atomic E-state index is 11.8. The summed E-state index contributed by atoms with van der Waals surface area (Å²) in [5.74, 6) is 0.654. The molecular weight excluding hydrogens is 242 g/mol. The number of amides is 1. The number of hydrogen-bond donors (Lipinski definition) is 3. The van der Waals surface area contributed by atoms with Crippen LogP contribution in [0.5, 0.6) is 0 Å². The average molecular weight is 257 g/mol. The Balaban J connectivity index is 1.60. The molecule has 2 heterocycles. The minimum Gasteiger partial charge on any atom is -0.367 e. The van der Waals surface area contributed by atoms with Crippen LogP contribution in [0.2, 0.25) is 0 Å². The molecule has 1 amide bonds. The van der Waals surface area contributed by atoms with Gasteiger partial charge < -0.3 is 10.6 Å². The van der Waals surface area contributed by atoms with Crippen molar-refractivity contribution in [3.05, 3.63) is 36.3 Å². The normalized spacial score (nSPS) is 14.7. The molecule has 1 aliphatic rings. The second-order valence-electron chi connectivity index (χ2n) is 4.65. The molecule has 1 aliphatic carbocycles. The van der Waals surface area contributed by atoms with Gasteiger partial charge in [-0.2, -0.15) is 5.10 Å². The molecule has 98 valence electrons. The molecule has 0 unspecified atom stereocenters. The van der Waals surface area contributed by atoms with Crippen LogP contribution >= 0.6 is 0 Å². The number of H-pyrrole nitrogens is 1. The van der Waals surface area contributed by atoms with E-state index in [9.17, 15) is 4.79 Å². The van der Waals surface area contributed by atoms with Gasteiger partial charge in [0.2, 0.25) is 0 Å². The van der Waals surface area contributed by atoms with Crippen LogP contribution in [0.15, 0.2) is 30.7 Å². The van der Waals surface area contributed by atoms with Gasteiger partial charge in [0.05, 0.1) is 23.6 Å². The molecular formula is C13H15N5O. The molecule has 1 fully saturated rings. The largest absolute Gasteiger partial charge is 0.367 e. The van der Waals surface area contributed by atoms with Crippen LogP contribution in [0.4, 0.5) is 11.5 Å². The third kappa shape index (κ3) is 2.73. The highest BCUT2D eigenvalue weighted by atomic mass is 16.1. The van der Waals surface area contributed by atoms with Gasteiger partial charge in [-0.1, -0.05) is 0 Å². The zero-order valence-corrected chi connectivity index (χ0v) is 10.4. The molecule has 0 spiro atoms. The van der Waals surface area contributed by atoms with Crippen LogP contribution in [0, 0.1) is 0 Å². The summed E-state index contributed by atoms with van der Waals surface area (Å²) in [6.45, 7) is 0. The standard InChI is InChI=1S/C13H15N5O/c19-13(9-6-15-16-7-9)18-11-4-5-12(14-8-11)17-10-2-1-3-10/h4-8,10H,1-3H2,(H,14,17)(H,15,16)(H,18,19). The fourth-order valence-electron chi connectivity index (χ4n) is 1.89. The maximum Gasteiger partial charge on any atom is 0.258 e. The van der Waals surface area contributed by atoms with Crippen molar-refractivity contribution in [2.24, 2.45) is 0 Å². The third-order valence-electron chi connectivity index (χ3n) is 3.24. The van der Waals surface area contributed by atoms with Gasteiger partial charge >= 0.3 is 0 Å². The summed E-state index contributed by atoms with van der Waals surface area (Å²) in [6, 6.07) is 4.27. The monoisotopic (exact) mass is 257 g/mol. The zero-order chi connectivity index (χ0) is 13.1. The first-order chi connectivity index (χ1) is 9.31. The van der Waals surface area contributed by atoms with E-state index in [1.807, 2.05) is 12.1 Å². The molecule has 6 nitrogen and oxygen atoms in total. The van der Waals surface area contributed by atoms with Crippen molar-refractivity contribution in [1.82, 2.24) is 15.2 Å². The number of carbonyl (C=O) groups is 1. The van der Waals surface area contributed by atoms with Gasteiger partial charge in [0.15, 0.2) is 0 Å². The molecule has 3 N–H and O–H groups in total. The first-order valence-corrected chi connectivity index (χ1v) is 6.34. The summed E-state index contributed by atoms with van der Waals surface area (Å²) in [5.41, 5.74) is 1.17. The van der Waals surface area contributed by atoms with E-state index in [2.05, 4.69) is 25.8 Å². The first-order valence-electron chi connectivity index (χ1n) is 6.34. The SMILES string of the molecule is O=C(Nc1ccc(NC2CCC2)nc1)c1cn[nH]c1. The van der Waals surface area contributed by atoms with E-state index in [0.29, 0.717) is 17.3 Å². The van der Waals surface area contributed by atoms with Crippen molar-refractivity contribution in [1.29, 1.82) is 0 Å². The summed E-state index contributed by atoms with van der Waals surface area (Å²) >= 11 is 0. The van der Waals surface area contributed by atoms with E-state index in [0.717, 1.165) is 5.82 Å². The molecule has 19 heavy (non-hydrogen) atoms. The summed E-state index contributed by atoms with van der Waals surface area (Å²) in [5, 5.41) is 12.5. The van der Waals surface area contributed by atoms with E-state index in [1.54, 1.807) is 12.4 Å². The third-order valence-corrected chi connectivity index (χ3v) is 3.24. The minimum atomic E-state index is -0.199. The van der Waals surface area contributed by atoms with Crippen LogP contribution in [0.25, 0.3) is 0 Å². The number of carbonyl (C=O) groups excluding carboxylic acids is 1. The lowest BCUT2D eigenvalue weighted by molar-refractivity contribution is 0.102. The Bertz CT molecular complexity index is 545. The van der Waals surface area contributed by atoms with E-state index in [4.69, 9.17) is 0 Å². The topological polar surface area (TPSA) is 82.7 Å². The fraction of sp³-hybridized carbons (Fsp3) is 0.308. The maximum atomic E-state index is 11.8. The lowest BCUT2D eigenvalue weighted by Crippen LogP contribution is -2.27. The molecule has 1 saturated carbocycles. The van der Waals surface area contributed by atoms with E-state index >= 15 is 0 Å². The van der Waals surface area contributed by atoms with Crippen LogP contribution in [-0.4, -0.2) is 27.1 Å². The summed E-state index contributed by atoms with van der Waals surface area (Å²) in [4.78, 5) is 16.1. The van der Waals surface area contributed by atoms with Gasteiger partial charge in [0.1, 0.15) is 5.82 Å². The number of aromatic amines is 1. The Morgan fingerprint density at radius 1 is 1.32 bits per heavy atom. The summed E-state index contributed by atoms with van der Waals surface area (Å²) in [6.07, 6.45) is 8.39. The quantitative estimate of drug-likeness (QED) is 0.782. The second kappa shape index (κ2) is 5.09. The number of rotatable bonds is 4. The van der Waals surface area contributed by atoms with Crippen molar-refractivity contribution in [3.63, 3.8) is 0 Å². The van der Waals surface area contributed by atoms with Crippen molar-refractivity contribution < 1.29 is 4.79 Å². The summed E-state index contributed by atoms with van der Waals surface area (Å²) < 4.78 is 0. The molecule has 0 bridgehead atoms. The van der Waals surface area contributed by atoms with E-state index < -0.39 is 0 Å². The van der Waals surface area contributed by atoms with Gasteiger partial charge in [-0.05, 0) is 31.4 Å².